The van der Waals surface area contributed by atoms with E-state index in [0.717, 1.165) is 18.4 Å². The summed E-state index contributed by atoms with van der Waals surface area (Å²) >= 11 is 0. The molecule has 2 saturated carbocycles. The molecule has 0 aromatic carbocycles. The highest BCUT2D eigenvalue weighted by atomic mass is 16.6. The van der Waals surface area contributed by atoms with Crippen LogP contribution in [0.25, 0.3) is 0 Å². The lowest BCUT2D eigenvalue weighted by molar-refractivity contribution is -0.173. The second-order valence-electron chi connectivity index (χ2n) is 8.77. The smallest absolute Gasteiger partial charge is 0.313 e. The van der Waals surface area contributed by atoms with E-state index in [-0.39, 0.29) is 35.8 Å². The summed E-state index contributed by atoms with van der Waals surface area (Å²) in [5.41, 5.74) is -0.732. The zero-order chi connectivity index (χ0) is 17.6. The number of carbonyl (C=O) groups excluding carboxylic acids is 2. The van der Waals surface area contributed by atoms with Gasteiger partial charge in [-0.1, -0.05) is 6.92 Å². The monoisotopic (exact) mass is 344 g/mol. The van der Waals surface area contributed by atoms with E-state index in [2.05, 4.69) is 6.92 Å². The number of fused-ring (bicyclic) bond motifs is 4. The summed E-state index contributed by atoms with van der Waals surface area (Å²) in [4.78, 5) is 26.3. The summed E-state index contributed by atoms with van der Waals surface area (Å²) in [5, 5.41) is 0. The third-order valence-corrected chi connectivity index (χ3v) is 8.03. The van der Waals surface area contributed by atoms with Crippen LogP contribution in [0.3, 0.4) is 0 Å². The quantitative estimate of drug-likeness (QED) is 0.577. The molecular weight excluding hydrogens is 320 g/mol. The predicted molar refractivity (Wildman–Crippen MR) is 87.5 cm³/mol. The Labute approximate surface area is 147 Å². The molecule has 5 rings (SSSR count). The van der Waals surface area contributed by atoms with Gasteiger partial charge in [0.2, 0.25) is 0 Å². The molecule has 0 radical (unpaired) electrons. The Morgan fingerprint density at radius 2 is 2.00 bits per heavy atom. The van der Waals surface area contributed by atoms with Gasteiger partial charge in [0.1, 0.15) is 17.5 Å². The number of ether oxygens (including phenoxy) is 2. The Hall–Kier alpha value is -1.62. The van der Waals surface area contributed by atoms with E-state index in [4.69, 9.17) is 13.9 Å². The van der Waals surface area contributed by atoms with Crippen molar-refractivity contribution in [3.8, 4) is 0 Å². The number of ketones is 1. The zero-order valence-electron chi connectivity index (χ0n) is 14.9. The van der Waals surface area contributed by atoms with E-state index in [9.17, 15) is 9.59 Å². The van der Waals surface area contributed by atoms with E-state index >= 15 is 0 Å². The fraction of sp³-hybridized carbons (Fsp3) is 0.700. The number of hydrogen-bond donors (Lipinski definition) is 0. The second-order valence-corrected chi connectivity index (χ2v) is 8.77. The van der Waals surface area contributed by atoms with E-state index in [1.807, 2.05) is 19.9 Å². The van der Waals surface area contributed by atoms with Crippen molar-refractivity contribution in [3.05, 3.63) is 24.2 Å². The molecule has 7 atom stereocenters. The van der Waals surface area contributed by atoms with Gasteiger partial charge in [-0.2, -0.15) is 0 Å². The van der Waals surface area contributed by atoms with Crippen molar-refractivity contribution in [1.29, 1.82) is 0 Å². The van der Waals surface area contributed by atoms with Crippen LogP contribution in [0, 0.1) is 22.7 Å². The summed E-state index contributed by atoms with van der Waals surface area (Å²) in [6.45, 7) is 6.13. The minimum absolute atomic E-state index is 0.0126. The fourth-order valence-electron chi connectivity index (χ4n) is 6.27. The molecule has 5 nitrogen and oxygen atoms in total. The first kappa shape index (κ1) is 15.6. The highest BCUT2D eigenvalue weighted by molar-refractivity contribution is 5.92. The molecule has 0 N–H and O–H groups in total. The number of carbonyl (C=O) groups is 2. The third-order valence-electron chi connectivity index (χ3n) is 8.03. The largest absolute Gasteiger partial charge is 0.472 e. The summed E-state index contributed by atoms with van der Waals surface area (Å²) in [6, 6.07) is 1.86. The number of cyclic esters (lactones) is 1. The molecule has 4 aliphatic rings. The number of esters is 1. The minimum atomic E-state index is -0.607. The minimum Gasteiger partial charge on any atom is -0.472 e. The molecule has 1 aromatic heterocycles. The van der Waals surface area contributed by atoms with E-state index in [0.29, 0.717) is 12.8 Å². The van der Waals surface area contributed by atoms with Gasteiger partial charge in [0, 0.05) is 18.4 Å². The van der Waals surface area contributed by atoms with Crippen molar-refractivity contribution < 1.29 is 23.5 Å². The molecule has 3 heterocycles. The summed E-state index contributed by atoms with van der Waals surface area (Å²) < 4.78 is 17.0. The number of rotatable bonds is 1. The van der Waals surface area contributed by atoms with Crippen molar-refractivity contribution in [2.24, 2.45) is 22.7 Å². The first-order valence-corrected chi connectivity index (χ1v) is 9.28. The number of hydrogen-bond acceptors (Lipinski definition) is 5. The number of furan rings is 1. The van der Waals surface area contributed by atoms with E-state index < -0.39 is 16.4 Å². The van der Waals surface area contributed by atoms with Crippen LogP contribution in [-0.2, 0) is 19.1 Å². The van der Waals surface area contributed by atoms with Crippen LogP contribution >= 0.6 is 0 Å². The molecular formula is C20H24O5. The molecule has 0 bridgehead atoms. The first-order valence-electron chi connectivity index (χ1n) is 9.28. The lowest BCUT2D eigenvalue weighted by Crippen LogP contribution is -2.63. The topological polar surface area (TPSA) is 69.0 Å². The number of Topliss-reactive ketones (excluding diaryl/α,β-unsaturated/α-hetero) is 1. The van der Waals surface area contributed by atoms with Crippen LogP contribution in [0.1, 0.15) is 58.1 Å². The van der Waals surface area contributed by atoms with E-state index in [1.165, 1.54) is 0 Å². The molecule has 2 saturated heterocycles. The maximum Gasteiger partial charge on any atom is 0.313 e. The average Bonchev–Trinajstić information content (AvgIpc) is 2.93. The van der Waals surface area contributed by atoms with Crippen LogP contribution in [0.5, 0.6) is 0 Å². The van der Waals surface area contributed by atoms with Crippen molar-refractivity contribution in [3.63, 3.8) is 0 Å². The second kappa shape index (κ2) is 4.56. The molecule has 4 fully saturated rings. The molecule has 0 unspecified atom stereocenters. The van der Waals surface area contributed by atoms with Gasteiger partial charge in [-0.3, -0.25) is 9.59 Å². The molecule has 134 valence electrons. The van der Waals surface area contributed by atoms with Crippen LogP contribution in [0.4, 0.5) is 0 Å². The molecule has 25 heavy (non-hydrogen) atoms. The predicted octanol–water partition coefficient (Wildman–Crippen LogP) is 3.44. The maximum absolute atomic E-state index is 13.2. The average molecular weight is 344 g/mol. The van der Waals surface area contributed by atoms with Crippen LogP contribution in [0.2, 0.25) is 0 Å². The van der Waals surface area contributed by atoms with Crippen LogP contribution in [0.15, 0.2) is 23.0 Å². The van der Waals surface area contributed by atoms with Gasteiger partial charge in [-0.05, 0) is 44.6 Å². The Balaban J connectivity index is 1.60. The fourth-order valence-corrected chi connectivity index (χ4v) is 6.27. The van der Waals surface area contributed by atoms with Gasteiger partial charge in [-0.25, -0.2) is 0 Å². The lowest BCUT2D eigenvalue weighted by atomic mass is 9.44. The van der Waals surface area contributed by atoms with Gasteiger partial charge in [0.25, 0.3) is 0 Å². The SMILES string of the molecule is C[C@@H]1CC(=O)[C@@]2(C)[C@H](CC[C@H]3O[C@]32C)[C@@]12C[C@H](c1ccoc1)OC2=O. The van der Waals surface area contributed by atoms with Crippen LogP contribution in [-0.4, -0.2) is 23.5 Å². The molecule has 1 aromatic rings. The Kier molecular flexibility index (Phi) is 2.85. The van der Waals surface area contributed by atoms with Gasteiger partial charge in [-0.15, -0.1) is 0 Å². The molecule has 2 aliphatic heterocycles. The first-order chi connectivity index (χ1) is 11.8. The highest BCUT2D eigenvalue weighted by Crippen LogP contribution is 2.71. The maximum atomic E-state index is 13.2. The van der Waals surface area contributed by atoms with Crippen molar-refractivity contribution in [1.82, 2.24) is 0 Å². The van der Waals surface area contributed by atoms with Gasteiger partial charge >= 0.3 is 5.97 Å². The normalized spacial score (nSPS) is 51.2. The summed E-state index contributed by atoms with van der Waals surface area (Å²) in [7, 11) is 0. The molecule has 1 spiro atoms. The Bertz CT molecular complexity index is 754. The van der Waals surface area contributed by atoms with Crippen molar-refractivity contribution >= 4 is 11.8 Å². The van der Waals surface area contributed by atoms with Crippen molar-refractivity contribution in [2.45, 2.75) is 64.3 Å². The molecule has 0 amide bonds. The van der Waals surface area contributed by atoms with E-state index in [1.54, 1.807) is 12.5 Å². The number of epoxide rings is 1. The molecule has 2 aliphatic carbocycles. The van der Waals surface area contributed by atoms with Gasteiger partial charge in [0.15, 0.2) is 0 Å². The standard InChI is InChI=1S/C20H24O5/c1-11-8-15(21)18(2)14(4-5-16-19(18,3)25-16)20(11)9-13(24-17(20)22)12-6-7-23-10-12/h6-7,10-11,13-14,16H,4-5,8-9H2,1-3H3/t11-,13-,14+,16-,18-,19-,20-/m1/s1. The highest BCUT2D eigenvalue weighted by Gasteiger charge is 2.78. The zero-order valence-corrected chi connectivity index (χ0v) is 14.9. The Morgan fingerprint density at radius 1 is 1.20 bits per heavy atom. The van der Waals surface area contributed by atoms with Crippen molar-refractivity contribution in [2.75, 3.05) is 0 Å². The molecule has 5 heteroatoms. The third kappa shape index (κ3) is 1.64. The summed E-state index contributed by atoms with van der Waals surface area (Å²) in [6.07, 6.45) is 5.95. The van der Waals surface area contributed by atoms with Crippen LogP contribution < -0.4 is 0 Å². The summed E-state index contributed by atoms with van der Waals surface area (Å²) in [5.74, 6) is 0.0725. The lowest BCUT2D eigenvalue weighted by Gasteiger charge is -2.55. The Morgan fingerprint density at radius 3 is 2.72 bits per heavy atom. The van der Waals surface area contributed by atoms with Gasteiger partial charge < -0.3 is 13.9 Å². The van der Waals surface area contributed by atoms with Gasteiger partial charge in [0.05, 0.1) is 29.5 Å².